The number of aryl methyl sites for hydroxylation is 1. The molecule has 140 valence electrons. The van der Waals surface area contributed by atoms with Crippen molar-refractivity contribution in [2.24, 2.45) is 0 Å². The van der Waals surface area contributed by atoms with E-state index < -0.39 is 23.5 Å². The second-order valence-electron chi connectivity index (χ2n) is 6.38. The lowest BCUT2D eigenvalue weighted by Crippen LogP contribution is -2.29. The van der Waals surface area contributed by atoms with Crippen molar-refractivity contribution < 1.29 is 23.6 Å². The van der Waals surface area contributed by atoms with Crippen LogP contribution in [0.15, 0.2) is 70.8 Å². The van der Waals surface area contributed by atoms with Crippen LogP contribution in [0.4, 0.5) is 10.2 Å². The van der Waals surface area contributed by atoms with Gasteiger partial charge in [0.25, 0.3) is 5.78 Å². The van der Waals surface area contributed by atoms with E-state index in [0.717, 1.165) is 4.90 Å². The minimum absolute atomic E-state index is 0.0940. The molecule has 0 bridgehead atoms. The largest absolute Gasteiger partial charge is 0.507 e. The number of amides is 1. The zero-order valence-electron chi connectivity index (χ0n) is 14.8. The van der Waals surface area contributed by atoms with E-state index >= 15 is 0 Å². The molecule has 3 aromatic rings. The van der Waals surface area contributed by atoms with Gasteiger partial charge in [-0.3, -0.25) is 14.5 Å². The van der Waals surface area contributed by atoms with Crippen molar-refractivity contribution >= 4 is 23.3 Å². The van der Waals surface area contributed by atoms with Gasteiger partial charge in [0, 0.05) is 11.6 Å². The van der Waals surface area contributed by atoms with Gasteiger partial charge in [-0.2, -0.15) is 0 Å². The lowest BCUT2D eigenvalue weighted by atomic mass is 9.95. The number of aliphatic hydroxyl groups is 1. The van der Waals surface area contributed by atoms with Gasteiger partial charge in [0.2, 0.25) is 0 Å². The third-order valence-corrected chi connectivity index (χ3v) is 4.54. The first kappa shape index (κ1) is 17.7. The number of Topliss-reactive ketones (excluding diaryl/α,β-unsaturated/α-hetero) is 1. The molecular formula is C21H15FN2O4. The van der Waals surface area contributed by atoms with E-state index in [0.29, 0.717) is 16.9 Å². The van der Waals surface area contributed by atoms with Gasteiger partial charge in [0.15, 0.2) is 5.82 Å². The van der Waals surface area contributed by atoms with Crippen molar-refractivity contribution in [3.8, 4) is 0 Å². The average Bonchev–Trinajstić information content (AvgIpc) is 3.24. The van der Waals surface area contributed by atoms with Crippen LogP contribution in [0, 0.1) is 12.7 Å². The number of carbonyl (C=O) groups excluding carboxylic acids is 2. The molecule has 0 spiro atoms. The lowest BCUT2D eigenvalue weighted by molar-refractivity contribution is -0.132. The van der Waals surface area contributed by atoms with Gasteiger partial charge in [-0.25, -0.2) is 4.39 Å². The Kier molecular flexibility index (Phi) is 4.27. The van der Waals surface area contributed by atoms with Crippen molar-refractivity contribution in [2.75, 3.05) is 4.90 Å². The summed E-state index contributed by atoms with van der Waals surface area (Å²) in [5, 5.41) is 14.7. The Balaban J connectivity index is 1.94. The second-order valence-corrected chi connectivity index (χ2v) is 6.38. The number of carbonyl (C=O) groups is 2. The molecule has 1 unspecified atom stereocenters. The summed E-state index contributed by atoms with van der Waals surface area (Å²) in [6.45, 7) is 1.66. The summed E-state index contributed by atoms with van der Waals surface area (Å²) in [6, 6.07) is 14.4. The van der Waals surface area contributed by atoms with Crippen molar-refractivity contribution in [3.05, 3.63) is 88.9 Å². The monoisotopic (exact) mass is 378 g/mol. The molecule has 1 aromatic heterocycles. The molecule has 1 aliphatic rings. The number of hydrogen-bond acceptors (Lipinski definition) is 5. The first-order valence-corrected chi connectivity index (χ1v) is 8.52. The van der Waals surface area contributed by atoms with Crippen molar-refractivity contribution in [2.45, 2.75) is 13.0 Å². The number of hydrogen-bond donors (Lipinski definition) is 1. The van der Waals surface area contributed by atoms with Crippen LogP contribution in [-0.2, 0) is 9.59 Å². The number of benzene rings is 2. The van der Waals surface area contributed by atoms with E-state index in [1.807, 2.05) is 0 Å². The van der Waals surface area contributed by atoms with E-state index in [1.54, 1.807) is 37.3 Å². The SMILES string of the molecule is Cc1cc(N2C(=O)C(=O)/C(=C(\O)c3ccccc3)C2c2ccc(F)cc2)no1. The van der Waals surface area contributed by atoms with Gasteiger partial charge in [-0.1, -0.05) is 47.6 Å². The van der Waals surface area contributed by atoms with Gasteiger partial charge in [-0.05, 0) is 24.6 Å². The molecule has 6 nitrogen and oxygen atoms in total. The van der Waals surface area contributed by atoms with Crippen LogP contribution in [0.1, 0.15) is 22.9 Å². The molecule has 1 saturated heterocycles. The zero-order chi connectivity index (χ0) is 19.8. The topological polar surface area (TPSA) is 83.6 Å². The van der Waals surface area contributed by atoms with Crippen LogP contribution in [0.2, 0.25) is 0 Å². The van der Waals surface area contributed by atoms with Gasteiger partial charge in [0.05, 0.1) is 11.6 Å². The lowest BCUT2D eigenvalue weighted by Gasteiger charge is -2.22. The summed E-state index contributed by atoms with van der Waals surface area (Å²) in [4.78, 5) is 26.8. The minimum Gasteiger partial charge on any atom is -0.507 e. The van der Waals surface area contributed by atoms with E-state index in [-0.39, 0.29) is 17.2 Å². The summed E-state index contributed by atoms with van der Waals surface area (Å²) in [5.41, 5.74) is 0.756. The maximum Gasteiger partial charge on any atom is 0.301 e. The minimum atomic E-state index is -0.967. The maximum absolute atomic E-state index is 13.4. The molecule has 1 N–H and O–H groups in total. The predicted octanol–water partition coefficient (Wildman–Crippen LogP) is 3.75. The Morgan fingerprint density at radius 3 is 2.39 bits per heavy atom. The molecule has 4 rings (SSSR count). The predicted molar refractivity (Wildman–Crippen MR) is 98.9 cm³/mol. The van der Waals surface area contributed by atoms with Gasteiger partial charge in [0.1, 0.15) is 17.3 Å². The number of rotatable bonds is 3. The van der Waals surface area contributed by atoms with Crippen molar-refractivity contribution in [1.29, 1.82) is 0 Å². The summed E-state index contributed by atoms with van der Waals surface area (Å²) in [7, 11) is 0. The zero-order valence-corrected chi connectivity index (χ0v) is 14.8. The Morgan fingerprint density at radius 1 is 1.11 bits per heavy atom. The number of ketones is 1. The van der Waals surface area contributed by atoms with E-state index in [9.17, 15) is 19.1 Å². The smallest absolute Gasteiger partial charge is 0.301 e. The van der Waals surface area contributed by atoms with Crippen LogP contribution in [-0.4, -0.2) is 22.0 Å². The molecule has 1 amide bonds. The highest BCUT2D eigenvalue weighted by molar-refractivity contribution is 6.51. The molecule has 28 heavy (non-hydrogen) atoms. The average molecular weight is 378 g/mol. The second kappa shape index (κ2) is 6.77. The maximum atomic E-state index is 13.4. The third kappa shape index (κ3) is 2.87. The van der Waals surface area contributed by atoms with Crippen molar-refractivity contribution in [1.82, 2.24) is 5.16 Å². The molecule has 1 fully saturated rings. The van der Waals surface area contributed by atoms with Crippen LogP contribution in [0.5, 0.6) is 0 Å². The number of halogens is 1. The highest BCUT2D eigenvalue weighted by Crippen LogP contribution is 2.41. The summed E-state index contributed by atoms with van der Waals surface area (Å²) < 4.78 is 18.5. The molecule has 0 radical (unpaired) electrons. The standard InChI is InChI=1S/C21H15FN2O4/c1-12-11-16(23-28-12)24-18(13-7-9-15(22)10-8-13)17(20(26)21(24)27)19(25)14-5-3-2-4-6-14/h2-11,18,25H,1H3/b19-17-. The summed E-state index contributed by atoms with van der Waals surface area (Å²) in [6.07, 6.45) is 0. The van der Waals surface area contributed by atoms with Gasteiger partial charge >= 0.3 is 5.91 Å². The Labute approximate surface area is 159 Å². The number of aliphatic hydroxyl groups excluding tert-OH is 1. The molecule has 2 aromatic carbocycles. The summed E-state index contributed by atoms with van der Waals surface area (Å²) >= 11 is 0. The van der Waals surface area contributed by atoms with Crippen LogP contribution in [0.3, 0.4) is 0 Å². The molecule has 0 aliphatic carbocycles. The quantitative estimate of drug-likeness (QED) is 0.426. The number of nitrogens with zero attached hydrogens (tertiary/aromatic N) is 2. The number of aromatic nitrogens is 1. The first-order valence-electron chi connectivity index (χ1n) is 8.52. The fourth-order valence-corrected chi connectivity index (χ4v) is 3.25. The Bertz CT molecular complexity index is 1090. The molecule has 1 aliphatic heterocycles. The highest BCUT2D eigenvalue weighted by atomic mass is 19.1. The molecule has 0 saturated carbocycles. The third-order valence-electron chi connectivity index (χ3n) is 4.54. The van der Waals surface area contributed by atoms with E-state index in [4.69, 9.17) is 4.52 Å². The fraction of sp³-hybridized carbons (Fsp3) is 0.0952. The van der Waals surface area contributed by atoms with Gasteiger partial charge < -0.3 is 9.63 Å². The molecular weight excluding hydrogens is 363 g/mol. The van der Waals surface area contributed by atoms with Crippen LogP contribution < -0.4 is 4.90 Å². The van der Waals surface area contributed by atoms with Crippen LogP contribution >= 0.6 is 0 Å². The Morgan fingerprint density at radius 2 is 1.79 bits per heavy atom. The van der Waals surface area contributed by atoms with Crippen molar-refractivity contribution in [3.63, 3.8) is 0 Å². The van der Waals surface area contributed by atoms with Crippen LogP contribution in [0.25, 0.3) is 5.76 Å². The normalized spacial score (nSPS) is 18.6. The molecule has 1 atom stereocenters. The number of anilines is 1. The highest BCUT2D eigenvalue weighted by Gasteiger charge is 2.48. The molecule has 7 heteroatoms. The van der Waals surface area contributed by atoms with E-state index in [2.05, 4.69) is 5.16 Å². The molecule has 2 heterocycles. The first-order chi connectivity index (χ1) is 13.5. The Hall–Kier alpha value is -3.74. The van der Waals surface area contributed by atoms with E-state index in [1.165, 1.54) is 30.3 Å². The fourth-order valence-electron chi connectivity index (χ4n) is 3.25. The summed E-state index contributed by atoms with van der Waals surface area (Å²) in [5.74, 6) is -1.87. The van der Waals surface area contributed by atoms with Gasteiger partial charge in [-0.15, -0.1) is 0 Å².